The summed E-state index contributed by atoms with van der Waals surface area (Å²) in [5.74, 6) is -0.403. The number of rotatable bonds is 5. The molecule has 1 heterocycles. The maximum atomic E-state index is 13.9. The van der Waals surface area contributed by atoms with Crippen molar-refractivity contribution >= 4 is 23.8 Å². The van der Waals surface area contributed by atoms with Crippen LogP contribution in [0.25, 0.3) is 0 Å². The number of benzene rings is 2. The molecular formula is C25H31N3O5. The van der Waals surface area contributed by atoms with Crippen molar-refractivity contribution in [1.82, 2.24) is 10.6 Å². The van der Waals surface area contributed by atoms with Crippen LogP contribution in [0.4, 0.5) is 15.3 Å². The van der Waals surface area contributed by atoms with Crippen molar-refractivity contribution in [3.8, 4) is 0 Å². The normalized spacial score (nSPS) is 18.4. The first kappa shape index (κ1) is 24.1. The first-order chi connectivity index (χ1) is 15.5. The lowest BCUT2D eigenvalue weighted by molar-refractivity contribution is -0.125. The molecule has 0 saturated carbocycles. The Morgan fingerprint density at radius 2 is 1.79 bits per heavy atom. The van der Waals surface area contributed by atoms with E-state index in [0.29, 0.717) is 16.8 Å². The zero-order chi connectivity index (χ0) is 24.4. The molecule has 3 amide bonds. The Bertz CT molecular complexity index is 1060. The van der Waals surface area contributed by atoms with Gasteiger partial charge in [-0.2, -0.15) is 0 Å². The second-order valence-corrected chi connectivity index (χ2v) is 9.03. The molecule has 176 valence electrons. The lowest BCUT2D eigenvalue weighted by Crippen LogP contribution is -2.60. The standard InChI is InChI=1S/C25H31N3O5/c1-7-32-23(31)27-25(18-13-8-9-14-19(18)28(6)21(25)29)20(17-12-10-11-16(2)15-17)26-22(30)33-24(3,4)5/h8-15,20H,7H2,1-6H3,(H,26,30)(H,27,31)/t20-,25?/m0/s1. The molecule has 0 spiro atoms. The Balaban J connectivity index is 2.23. The van der Waals surface area contributed by atoms with E-state index in [0.717, 1.165) is 5.56 Å². The highest BCUT2D eigenvalue weighted by Gasteiger charge is 2.57. The highest BCUT2D eigenvalue weighted by atomic mass is 16.6. The van der Waals surface area contributed by atoms with Crippen LogP contribution < -0.4 is 15.5 Å². The molecule has 0 radical (unpaired) electrons. The zero-order valence-electron chi connectivity index (χ0n) is 19.9. The predicted molar refractivity (Wildman–Crippen MR) is 125 cm³/mol. The van der Waals surface area contributed by atoms with Crippen LogP contribution in [0.5, 0.6) is 0 Å². The summed E-state index contributed by atoms with van der Waals surface area (Å²) in [5, 5.41) is 5.65. The van der Waals surface area contributed by atoms with Crippen LogP contribution >= 0.6 is 0 Å². The number of fused-ring (bicyclic) bond motifs is 1. The predicted octanol–water partition coefficient (Wildman–Crippen LogP) is 4.18. The number of nitrogens with one attached hydrogen (secondary N) is 2. The minimum Gasteiger partial charge on any atom is -0.450 e. The monoisotopic (exact) mass is 453 g/mol. The fourth-order valence-corrected chi connectivity index (χ4v) is 4.11. The number of nitrogens with zero attached hydrogens (tertiary/aromatic N) is 1. The summed E-state index contributed by atoms with van der Waals surface area (Å²) in [4.78, 5) is 41.0. The van der Waals surface area contributed by atoms with E-state index < -0.39 is 35.3 Å². The highest BCUT2D eigenvalue weighted by Crippen LogP contribution is 2.47. The summed E-state index contributed by atoms with van der Waals surface area (Å²) in [5.41, 5.74) is 0.341. The van der Waals surface area contributed by atoms with Gasteiger partial charge in [0.25, 0.3) is 5.91 Å². The molecular weight excluding hydrogens is 422 g/mol. The van der Waals surface area contributed by atoms with Gasteiger partial charge in [-0.25, -0.2) is 9.59 Å². The second kappa shape index (κ2) is 9.13. The number of aryl methyl sites for hydroxylation is 1. The lowest BCUT2D eigenvalue weighted by atomic mass is 9.79. The Morgan fingerprint density at radius 1 is 1.09 bits per heavy atom. The molecule has 0 saturated heterocycles. The van der Waals surface area contributed by atoms with E-state index in [4.69, 9.17) is 9.47 Å². The number of carbonyl (C=O) groups is 3. The smallest absolute Gasteiger partial charge is 0.408 e. The number of hydrogen-bond acceptors (Lipinski definition) is 5. The second-order valence-electron chi connectivity index (χ2n) is 9.03. The summed E-state index contributed by atoms with van der Waals surface area (Å²) in [6, 6.07) is 13.6. The van der Waals surface area contributed by atoms with Crippen LogP contribution in [0.3, 0.4) is 0 Å². The molecule has 0 aliphatic carbocycles. The summed E-state index contributed by atoms with van der Waals surface area (Å²) in [6.45, 7) is 8.98. The van der Waals surface area contributed by atoms with Crippen LogP contribution in [0.1, 0.15) is 50.4 Å². The molecule has 33 heavy (non-hydrogen) atoms. The third kappa shape index (κ3) is 4.79. The topological polar surface area (TPSA) is 97.0 Å². The molecule has 2 N–H and O–H groups in total. The summed E-state index contributed by atoms with van der Waals surface area (Å²) < 4.78 is 10.7. The van der Waals surface area contributed by atoms with E-state index in [1.165, 1.54) is 4.90 Å². The molecule has 1 unspecified atom stereocenters. The minimum absolute atomic E-state index is 0.127. The van der Waals surface area contributed by atoms with Crippen LogP contribution in [-0.4, -0.2) is 37.3 Å². The summed E-state index contributed by atoms with van der Waals surface area (Å²) in [7, 11) is 1.64. The fraction of sp³-hybridized carbons (Fsp3) is 0.400. The van der Waals surface area contributed by atoms with Gasteiger partial charge in [0, 0.05) is 18.3 Å². The van der Waals surface area contributed by atoms with E-state index >= 15 is 0 Å². The van der Waals surface area contributed by atoms with Gasteiger partial charge in [0.1, 0.15) is 5.60 Å². The fourth-order valence-electron chi connectivity index (χ4n) is 4.11. The van der Waals surface area contributed by atoms with E-state index in [2.05, 4.69) is 10.6 Å². The molecule has 1 aliphatic rings. The van der Waals surface area contributed by atoms with E-state index in [-0.39, 0.29) is 6.61 Å². The van der Waals surface area contributed by atoms with Crippen LogP contribution in [0.15, 0.2) is 48.5 Å². The first-order valence-electron chi connectivity index (χ1n) is 10.9. The van der Waals surface area contributed by atoms with E-state index in [1.807, 2.05) is 31.2 Å². The Morgan fingerprint density at radius 3 is 2.42 bits per heavy atom. The number of likely N-dealkylation sites (N-methyl/N-ethyl adjacent to an activating group) is 1. The maximum absolute atomic E-state index is 13.9. The average molecular weight is 454 g/mol. The molecule has 0 bridgehead atoms. The third-order valence-electron chi connectivity index (χ3n) is 5.38. The van der Waals surface area contributed by atoms with Crippen LogP contribution in [0.2, 0.25) is 0 Å². The summed E-state index contributed by atoms with van der Waals surface area (Å²) >= 11 is 0. The minimum atomic E-state index is -1.65. The Labute approximate surface area is 194 Å². The third-order valence-corrected chi connectivity index (χ3v) is 5.38. The SMILES string of the molecule is CCOC(=O)NC1([C@@H](NC(=O)OC(C)(C)C)c2cccc(C)c2)C(=O)N(C)c2ccccc21. The van der Waals surface area contributed by atoms with E-state index in [1.54, 1.807) is 59.0 Å². The van der Waals surface area contributed by atoms with Gasteiger partial charge in [0.05, 0.1) is 12.6 Å². The maximum Gasteiger partial charge on any atom is 0.408 e. The molecule has 0 aromatic heterocycles. The van der Waals surface area contributed by atoms with Gasteiger partial charge in [-0.1, -0.05) is 48.0 Å². The molecule has 2 aromatic rings. The van der Waals surface area contributed by atoms with Gasteiger partial charge >= 0.3 is 12.2 Å². The molecule has 8 heteroatoms. The van der Waals surface area contributed by atoms with Gasteiger partial charge in [-0.15, -0.1) is 0 Å². The highest BCUT2D eigenvalue weighted by molar-refractivity contribution is 6.09. The molecule has 1 aliphatic heterocycles. The Kier molecular flexibility index (Phi) is 6.67. The van der Waals surface area contributed by atoms with Gasteiger partial charge in [0.2, 0.25) is 0 Å². The number of hydrogen-bond donors (Lipinski definition) is 2. The molecule has 0 fully saturated rings. The van der Waals surface area contributed by atoms with Crippen LogP contribution in [0, 0.1) is 6.92 Å². The lowest BCUT2D eigenvalue weighted by Gasteiger charge is -2.38. The van der Waals surface area contributed by atoms with Crippen molar-refractivity contribution in [1.29, 1.82) is 0 Å². The van der Waals surface area contributed by atoms with Gasteiger partial charge < -0.3 is 25.0 Å². The van der Waals surface area contributed by atoms with Crippen molar-refractivity contribution in [2.24, 2.45) is 0 Å². The van der Waals surface area contributed by atoms with Crippen molar-refractivity contribution in [3.63, 3.8) is 0 Å². The van der Waals surface area contributed by atoms with Crippen molar-refractivity contribution in [2.45, 2.75) is 51.8 Å². The van der Waals surface area contributed by atoms with Gasteiger partial charge in [0.15, 0.2) is 5.54 Å². The Hall–Kier alpha value is -3.55. The van der Waals surface area contributed by atoms with E-state index in [9.17, 15) is 14.4 Å². The van der Waals surface area contributed by atoms with Gasteiger partial charge in [-0.3, -0.25) is 4.79 Å². The molecule has 3 rings (SSSR count). The van der Waals surface area contributed by atoms with Crippen molar-refractivity contribution in [2.75, 3.05) is 18.6 Å². The zero-order valence-corrected chi connectivity index (χ0v) is 19.9. The number of carbonyl (C=O) groups excluding carboxylic acids is 3. The molecule has 8 nitrogen and oxygen atoms in total. The summed E-state index contributed by atoms with van der Waals surface area (Å²) in [6.07, 6.45) is -1.47. The quantitative estimate of drug-likeness (QED) is 0.708. The number of anilines is 1. The molecule has 2 atom stereocenters. The molecule has 2 aromatic carbocycles. The largest absolute Gasteiger partial charge is 0.450 e. The number of alkyl carbamates (subject to hydrolysis) is 2. The number of amides is 3. The van der Waals surface area contributed by atoms with Crippen molar-refractivity contribution in [3.05, 3.63) is 65.2 Å². The first-order valence-corrected chi connectivity index (χ1v) is 10.9. The number of para-hydroxylation sites is 1. The average Bonchev–Trinajstić information content (AvgIpc) is 2.94. The number of ether oxygens (including phenoxy) is 2. The van der Waals surface area contributed by atoms with Crippen molar-refractivity contribution < 1.29 is 23.9 Å². The van der Waals surface area contributed by atoms with Gasteiger partial charge in [-0.05, 0) is 46.2 Å². The van der Waals surface area contributed by atoms with Crippen LogP contribution in [-0.2, 0) is 19.8 Å².